The third kappa shape index (κ3) is 3.57. The second kappa shape index (κ2) is 7.02. The van der Waals surface area contributed by atoms with Gasteiger partial charge in [0.25, 0.3) is 0 Å². The smallest absolute Gasteiger partial charge is 0.317 e. The molecule has 0 saturated heterocycles. The largest absolute Gasteiger partial charge is 0.480 e. The lowest BCUT2D eigenvalue weighted by molar-refractivity contribution is -0.135. The Morgan fingerprint density at radius 2 is 1.76 bits per heavy atom. The average molecular weight is 376 g/mol. The van der Waals surface area contributed by atoms with Gasteiger partial charge in [-0.25, -0.2) is 0 Å². The highest BCUT2D eigenvalue weighted by Crippen LogP contribution is 2.62. The molecule has 0 amide bonds. The molecule has 25 heavy (non-hydrogen) atoms. The van der Waals surface area contributed by atoms with Crippen molar-refractivity contribution in [2.45, 2.75) is 29.8 Å². The lowest BCUT2D eigenvalue weighted by Crippen LogP contribution is -2.30. The van der Waals surface area contributed by atoms with Crippen LogP contribution in [-0.2, 0) is 14.3 Å². The van der Waals surface area contributed by atoms with E-state index >= 15 is 0 Å². The first-order chi connectivity index (χ1) is 11.8. The highest BCUT2D eigenvalue weighted by molar-refractivity contribution is 8.01. The van der Waals surface area contributed by atoms with Crippen molar-refractivity contribution in [2.75, 3.05) is 13.1 Å². The first kappa shape index (κ1) is 18.3. The summed E-state index contributed by atoms with van der Waals surface area (Å²) in [6.45, 7) is 5.11. The Labute approximate surface area is 157 Å². The average Bonchev–Trinajstić information content (AvgIpc) is 2.81. The molecule has 3 nitrogen and oxygen atoms in total. The lowest BCUT2D eigenvalue weighted by atomic mass is 9.82. The van der Waals surface area contributed by atoms with Crippen molar-refractivity contribution in [1.29, 1.82) is 0 Å². The van der Waals surface area contributed by atoms with Crippen molar-refractivity contribution in [3.05, 3.63) is 70.2 Å². The Hall–Kier alpha value is -1.49. The number of hydrogen-bond donors (Lipinski definition) is 2. The topological polar surface area (TPSA) is 49.3 Å². The Kier molecular flexibility index (Phi) is 5.14. The third-order valence-corrected chi connectivity index (χ3v) is 6.67. The number of hydrogen-bond acceptors (Lipinski definition) is 3. The standard InChI is InChI=1S/C20H22ClNO2S/c1-19(2)16-5-3-4-6-17(16)20(25-19,11-12-22-13-18(23)24)14-7-9-15(21)10-8-14/h3-10,22H,11-13H2,1-2H3,(H,23,24). The van der Waals surface area contributed by atoms with E-state index in [4.69, 9.17) is 16.7 Å². The molecule has 1 unspecified atom stereocenters. The predicted octanol–water partition coefficient (Wildman–Crippen LogP) is 4.63. The van der Waals surface area contributed by atoms with E-state index in [0.29, 0.717) is 6.54 Å². The highest BCUT2D eigenvalue weighted by atomic mass is 35.5. The molecule has 0 aliphatic carbocycles. The number of nitrogens with one attached hydrogen (secondary N) is 1. The minimum absolute atomic E-state index is 0.0109. The fraction of sp³-hybridized carbons (Fsp3) is 0.350. The molecule has 5 heteroatoms. The fourth-order valence-corrected chi connectivity index (χ4v) is 5.66. The Balaban J connectivity index is 2.02. The zero-order chi connectivity index (χ0) is 18.1. The Morgan fingerprint density at radius 3 is 2.40 bits per heavy atom. The summed E-state index contributed by atoms with van der Waals surface area (Å²) in [5.74, 6) is -0.833. The van der Waals surface area contributed by atoms with Crippen molar-refractivity contribution in [3.63, 3.8) is 0 Å². The van der Waals surface area contributed by atoms with Gasteiger partial charge in [0, 0.05) is 9.77 Å². The molecule has 2 aromatic rings. The summed E-state index contributed by atoms with van der Waals surface area (Å²) in [5, 5.41) is 12.6. The second-order valence-electron chi connectivity index (χ2n) is 6.81. The molecule has 1 aliphatic rings. The van der Waals surface area contributed by atoms with Crippen LogP contribution in [0.4, 0.5) is 0 Å². The van der Waals surface area contributed by atoms with Gasteiger partial charge in [0.1, 0.15) is 0 Å². The summed E-state index contributed by atoms with van der Waals surface area (Å²) in [4.78, 5) is 10.8. The molecule has 0 bridgehead atoms. The van der Waals surface area contributed by atoms with Crippen molar-refractivity contribution < 1.29 is 9.90 Å². The molecule has 0 aromatic heterocycles. The quantitative estimate of drug-likeness (QED) is 0.723. The first-order valence-electron chi connectivity index (χ1n) is 8.34. The molecular formula is C20H22ClNO2S. The van der Waals surface area contributed by atoms with Gasteiger partial charge in [-0.15, -0.1) is 11.8 Å². The van der Waals surface area contributed by atoms with Crippen molar-refractivity contribution >= 4 is 29.3 Å². The van der Waals surface area contributed by atoms with Crippen LogP contribution in [0.2, 0.25) is 5.02 Å². The molecule has 0 radical (unpaired) electrons. The summed E-state index contributed by atoms with van der Waals surface area (Å²) >= 11 is 8.03. The summed E-state index contributed by atoms with van der Waals surface area (Å²) < 4.78 is -0.223. The van der Waals surface area contributed by atoms with Crippen LogP contribution in [0.5, 0.6) is 0 Å². The summed E-state index contributed by atoms with van der Waals surface area (Å²) in [7, 11) is 0. The van der Waals surface area contributed by atoms with Crippen LogP contribution in [0.25, 0.3) is 0 Å². The van der Waals surface area contributed by atoms with E-state index in [2.05, 4.69) is 55.6 Å². The zero-order valence-corrected chi connectivity index (χ0v) is 16.0. The maximum Gasteiger partial charge on any atom is 0.317 e. The maximum absolute atomic E-state index is 10.8. The van der Waals surface area contributed by atoms with Gasteiger partial charge in [-0.05, 0) is 55.6 Å². The van der Waals surface area contributed by atoms with Gasteiger partial charge in [-0.3, -0.25) is 4.79 Å². The minimum Gasteiger partial charge on any atom is -0.480 e. The van der Waals surface area contributed by atoms with E-state index in [9.17, 15) is 4.79 Å². The highest BCUT2D eigenvalue weighted by Gasteiger charge is 2.48. The van der Waals surface area contributed by atoms with Gasteiger partial charge in [0.05, 0.1) is 11.3 Å². The molecule has 3 rings (SSSR count). The second-order valence-corrected chi connectivity index (χ2v) is 9.17. The first-order valence-corrected chi connectivity index (χ1v) is 9.53. The number of halogens is 1. The molecule has 0 spiro atoms. The van der Waals surface area contributed by atoms with E-state index in [0.717, 1.165) is 11.4 Å². The fourth-order valence-electron chi connectivity index (χ4n) is 3.63. The van der Waals surface area contributed by atoms with Crippen LogP contribution in [0.1, 0.15) is 37.0 Å². The van der Waals surface area contributed by atoms with Crippen molar-refractivity contribution in [3.8, 4) is 0 Å². The number of carbonyl (C=O) groups is 1. The van der Waals surface area contributed by atoms with Crippen LogP contribution in [0, 0.1) is 0 Å². The number of benzene rings is 2. The SMILES string of the molecule is CC1(C)SC(CCNCC(=O)O)(c2ccc(Cl)cc2)c2ccccc21. The number of carboxylic acid groups (broad SMARTS) is 1. The van der Waals surface area contributed by atoms with Crippen LogP contribution in [0.15, 0.2) is 48.5 Å². The summed E-state index contributed by atoms with van der Waals surface area (Å²) in [6.07, 6.45) is 0.813. The van der Waals surface area contributed by atoms with Gasteiger partial charge >= 0.3 is 5.97 Å². The van der Waals surface area contributed by atoms with Crippen LogP contribution >= 0.6 is 23.4 Å². The number of rotatable bonds is 6. The lowest BCUT2D eigenvalue weighted by Gasteiger charge is -2.32. The van der Waals surface area contributed by atoms with Crippen LogP contribution in [0.3, 0.4) is 0 Å². The van der Waals surface area contributed by atoms with E-state index in [1.54, 1.807) is 0 Å². The molecule has 2 aromatic carbocycles. The molecule has 132 valence electrons. The van der Waals surface area contributed by atoms with Gasteiger partial charge < -0.3 is 10.4 Å². The number of aliphatic carboxylic acids is 1. The maximum atomic E-state index is 10.8. The molecular weight excluding hydrogens is 354 g/mol. The zero-order valence-electron chi connectivity index (χ0n) is 14.4. The van der Waals surface area contributed by atoms with E-state index < -0.39 is 5.97 Å². The number of carboxylic acids is 1. The molecule has 1 heterocycles. The Morgan fingerprint density at radius 1 is 1.12 bits per heavy atom. The van der Waals surface area contributed by atoms with E-state index in [-0.39, 0.29) is 16.0 Å². The molecule has 1 atom stereocenters. The van der Waals surface area contributed by atoms with E-state index in [1.165, 1.54) is 16.7 Å². The predicted molar refractivity (Wildman–Crippen MR) is 104 cm³/mol. The van der Waals surface area contributed by atoms with Gasteiger partial charge in [-0.2, -0.15) is 0 Å². The van der Waals surface area contributed by atoms with Gasteiger partial charge in [0.2, 0.25) is 0 Å². The van der Waals surface area contributed by atoms with Gasteiger partial charge in [-0.1, -0.05) is 48.0 Å². The normalized spacial score (nSPS) is 21.1. The number of fused-ring (bicyclic) bond motifs is 1. The third-order valence-electron chi connectivity index (χ3n) is 4.68. The minimum atomic E-state index is -0.833. The van der Waals surface area contributed by atoms with Crippen LogP contribution < -0.4 is 5.32 Å². The molecule has 0 saturated carbocycles. The molecule has 0 fully saturated rings. The molecule has 2 N–H and O–H groups in total. The summed E-state index contributed by atoms with van der Waals surface area (Å²) in [5.41, 5.74) is 3.86. The number of thioether (sulfide) groups is 1. The van der Waals surface area contributed by atoms with E-state index in [1.807, 2.05) is 23.9 Å². The Bertz CT molecular complexity index is 776. The molecule has 1 aliphatic heterocycles. The van der Waals surface area contributed by atoms with Crippen LogP contribution in [-0.4, -0.2) is 24.2 Å². The monoisotopic (exact) mass is 375 g/mol. The van der Waals surface area contributed by atoms with Crippen molar-refractivity contribution in [1.82, 2.24) is 5.32 Å². The van der Waals surface area contributed by atoms with Crippen molar-refractivity contribution in [2.24, 2.45) is 0 Å². The van der Waals surface area contributed by atoms with Gasteiger partial charge in [0.15, 0.2) is 0 Å². The summed E-state index contributed by atoms with van der Waals surface area (Å²) in [6, 6.07) is 16.6.